The van der Waals surface area contributed by atoms with Gasteiger partial charge in [0, 0.05) is 5.56 Å². The van der Waals surface area contributed by atoms with E-state index in [1.54, 1.807) is 4.90 Å². The Bertz CT molecular complexity index is 1120. The van der Waals surface area contributed by atoms with Crippen molar-refractivity contribution in [2.24, 2.45) is 0 Å². The zero-order chi connectivity index (χ0) is 21.5. The minimum Gasteiger partial charge on any atom is -0.294 e. The van der Waals surface area contributed by atoms with Crippen LogP contribution >= 0.6 is 24.0 Å². The van der Waals surface area contributed by atoms with Gasteiger partial charge >= 0.3 is 0 Å². The molecule has 31 heavy (non-hydrogen) atoms. The number of amides is 2. The molecule has 2 aromatic carbocycles. The number of aryl methyl sites for hydroxylation is 1. The Hall–Kier alpha value is -2.48. The third kappa shape index (κ3) is 3.60. The van der Waals surface area contributed by atoms with Crippen molar-refractivity contribution in [2.45, 2.75) is 26.2 Å². The Balaban J connectivity index is 1.54. The predicted octanol–water partition coefficient (Wildman–Crippen LogP) is 4.56. The summed E-state index contributed by atoms with van der Waals surface area (Å²) in [6.45, 7) is 4.53. The number of anilines is 2. The van der Waals surface area contributed by atoms with Crippen LogP contribution in [-0.2, 0) is 9.59 Å². The summed E-state index contributed by atoms with van der Waals surface area (Å²) in [6.07, 6.45) is 3.56. The SMILES string of the molecule is Cc1cccc(N2C(=O)C(=C3C(=O)N(CN4CCCCC4)c4ccccc43)SC2=S)c1. The van der Waals surface area contributed by atoms with Crippen LogP contribution in [0, 0.1) is 6.92 Å². The maximum atomic E-state index is 13.6. The largest absolute Gasteiger partial charge is 0.294 e. The van der Waals surface area contributed by atoms with Crippen molar-refractivity contribution < 1.29 is 9.59 Å². The average Bonchev–Trinajstić information content (AvgIpc) is 3.21. The molecule has 0 spiro atoms. The van der Waals surface area contributed by atoms with Crippen LogP contribution < -0.4 is 9.80 Å². The molecular formula is C24H23N3O2S2. The van der Waals surface area contributed by atoms with Gasteiger partial charge in [0.05, 0.1) is 28.5 Å². The van der Waals surface area contributed by atoms with Gasteiger partial charge in [0.15, 0.2) is 4.32 Å². The van der Waals surface area contributed by atoms with Gasteiger partial charge in [-0.3, -0.25) is 24.3 Å². The molecule has 3 heterocycles. The fourth-order valence-electron chi connectivity index (χ4n) is 4.45. The molecule has 2 saturated heterocycles. The molecule has 0 bridgehead atoms. The molecule has 0 unspecified atom stereocenters. The Morgan fingerprint density at radius 2 is 1.74 bits per heavy atom. The van der Waals surface area contributed by atoms with Crippen molar-refractivity contribution in [1.29, 1.82) is 0 Å². The monoisotopic (exact) mass is 449 g/mol. The number of nitrogens with zero attached hydrogens (tertiary/aromatic N) is 3. The number of carbonyl (C=O) groups excluding carboxylic acids is 2. The van der Waals surface area contributed by atoms with Gasteiger partial charge in [-0.2, -0.15) is 0 Å². The second-order valence-electron chi connectivity index (χ2n) is 8.12. The van der Waals surface area contributed by atoms with Crippen LogP contribution in [0.15, 0.2) is 53.4 Å². The molecule has 7 heteroatoms. The van der Waals surface area contributed by atoms with Crippen molar-refractivity contribution in [3.8, 4) is 0 Å². The number of piperidine rings is 1. The number of rotatable bonds is 3. The summed E-state index contributed by atoms with van der Waals surface area (Å²) >= 11 is 6.78. The Morgan fingerprint density at radius 1 is 0.968 bits per heavy atom. The molecule has 5 rings (SSSR count). The summed E-state index contributed by atoms with van der Waals surface area (Å²) in [4.78, 5) is 33.1. The first-order valence-corrected chi connectivity index (χ1v) is 11.8. The summed E-state index contributed by atoms with van der Waals surface area (Å²) < 4.78 is 0.456. The highest BCUT2D eigenvalue weighted by Crippen LogP contribution is 2.45. The third-order valence-electron chi connectivity index (χ3n) is 5.97. The Morgan fingerprint density at radius 3 is 2.52 bits per heavy atom. The molecule has 0 radical (unpaired) electrons. The number of para-hydroxylation sites is 1. The van der Waals surface area contributed by atoms with Crippen molar-refractivity contribution in [3.05, 3.63) is 64.6 Å². The van der Waals surface area contributed by atoms with Crippen LogP contribution in [-0.4, -0.2) is 40.8 Å². The average molecular weight is 450 g/mol. The number of benzene rings is 2. The van der Waals surface area contributed by atoms with E-state index in [9.17, 15) is 9.59 Å². The van der Waals surface area contributed by atoms with Gasteiger partial charge in [0.25, 0.3) is 11.8 Å². The second-order valence-corrected chi connectivity index (χ2v) is 9.77. The van der Waals surface area contributed by atoms with Gasteiger partial charge < -0.3 is 0 Å². The highest BCUT2D eigenvalue weighted by molar-refractivity contribution is 8.27. The van der Waals surface area contributed by atoms with Crippen molar-refractivity contribution in [2.75, 3.05) is 29.6 Å². The van der Waals surface area contributed by atoms with E-state index in [2.05, 4.69) is 4.90 Å². The van der Waals surface area contributed by atoms with E-state index in [4.69, 9.17) is 12.2 Å². The summed E-state index contributed by atoms with van der Waals surface area (Å²) in [6, 6.07) is 15.4. The van der Waals surface area contributed by atoms with E-state index < -0.39 is 0 Å². The van der Waals surface area contributed by atoms with Crippen molar-refractivity contribution >= 4 is 57.1 Å². The smallest absolute Gasteiger partial charge is 0.271 e. The summed E-state index contributed by atoms with van der Waals surface area (Å²) in [5.41, 5.74) is 3.94. The molecule has 2 fully saturated rings. The van der Waals surface area contributed by atoms with E-state index in [1.165, 1.54) is 18.2 Å². The van der Waals surface area contributed by atoms with Crippen LogP contribution in [0.3, 0.4) is 0 Å². The predicted molar refractivity (Wildman–Crippen MR) is 130 cm³/mol. The first kappa shape index (κ1) is 20.4. The fraction of sp³-hybridized carbons (Fsp3) is 0.292. The van der Waals surface area contributed by atoms with E-state index in [-0.39, 0.29) is 11.8 Å². The standard InChI is InChI=1S/C24H23N3O2S2/c1-16-8-7-9-17(14-16)27-23(29)21(31-24(27)30)20-18-10-3-4-11-19(18)26(22(20)28)15-25-12-5-2-6-13-25/h3-4,7-11,14H,2,5-6,12-13,15H2,1H3. The quantitative estimate of drug-likeness (QED) is 0.508. The third-order valence-corrected chi connectivity index (χ3v) is 7.34. The number of thiocarbonyl (C=S) groups is 1. The van der Waals surface area contributed by atoms with E-state index in [1.807, 2.05) is 60.4 Å². The number of hydrogen-bond acceptors (Lipinski definition) is 5. The minimum absolute atomic E-state index is 0.114. The fourth-order valence-corrected chi connectivity index (χ4v) is 5.82. The van der Waals surface area contributed by atoms with Crippen LogP contribution in [0.4, 0.5) is 11.4 Å². The summed E-state index contributed by atoms with van der Waals surface area (Å²) in [5.74, 6) is -0.338. The maximum Gasteiger partial charge on any atom is 0.271 e. The van der Waals surface area contributed by atoms with Crippen molar-refractivity contribution in [1.82, 2.24) is 4.90 Å². The van der Waals surface area contributed by atoms with Crippen LogP contribution in [0.2, 0.25) is 0 Å². The number of thioether (sulfide) groups is 1. The van der Waals surface area contributed by atoms with Gasteiger partial charge in [-0.1, -0.05) is 60.7 Å². The molecule has 0 aliphatic carbocycles. The number of likely N-dealkylation sites (tertiary alicyclic amines) is 1. The first-order chi connectivity index (χ1) is 15.0. The van der Waals surface area contributed by atoms with Crippen LogP contribution in [0.1, 0.15) is 30.4 Å². The van der Waals surface area contributed by atoms with Gasteiger partial charge in [0.2, 0.25) is 0 Å². The van der Waals surface area contributed by atoms with E-state index in [0.717, 1.165) is 48.4 Å². The highest BCUT2D eigenvalue weighted by atomic mass is 32.2. The lowest BCUT2D eigenvalue weighted by atomic mass is 10.1. The zero-order valence-corrected chi connectivity index (χ0v) is 19.0. The zero-order valence-electron chi connectivity index (χ0n) is 17.3. The second kappa shape index (κ2) is 8.22. The first-order valence-electron chi connectivity index (χ1n) is 10.6. The van der Waals surface area contributed by atoms with Gasteiger partial charge in [-0.05, 0) is 56.6 Å². The van der Waals surface area contributed by atoms with Crippen LogP contribution in [0.5, 0.6) is 0 Å². The number of hydrogen-bond donors (Lipinski definition) is 0. The summed E-state index contributed by atoms with van der Waals surface area (Å²) in [7, 11) is 0. The molecule has 158 valence electrons. The Kier molecular flexibility index (Phi) is 5.42. The van der Waals surface area contributed by atoms with E-state index in [0.29, 0.717) is 21.5 Å². The molecular weight excluding hydrogens is 426 g/mol. The molecule has 3 aliphatic heterocycles. The molecule has 0 N–H and O–H groups in total. The minimum atomic E-state index is -0.224. The molecule has 0 aromatic heterocycles. The van der Waals surface area contributed by atoms with E-state index >= 15 is 0 Å². The number of carbonyl (C=O) groups is 2. The van der Waals surface area contributed by atoms with Gasteiger partial charge in [0.1, 0.15) is 0 Å². The molecule has 0 saturated carbocycles. The number of fused-ring (bicyclic) bond motifs is 1. The molecule has 3 aliphatic rings. The topological polar surface area (TPSA) is 43.9 Å². The van der Waals surface area contributed by atoms with Gasteiger partial charge in [-0.25, -0.2) is 0 Å². The lowest BCUT2D eigenvalue weighted by Crippen LogP contribution is -2.42. The molecule has 2 aromatic rings. The van der Waals surface area contributed by atoms with Crippen molar-refractivity contribution in [3.63, 3.8) is 0 Å². The normalized spacial score (nSPS) is 21.9. The lowest BCUT2D eigenvalue weighted by Gasteiger charge is -2.30. The summed E-state index contributed by atoms with van der Waals surface area (Å²) in [5, 5.41) is 0. The Labute approximate surface area is 191 Å². The molecule has 5 nitrogen and oxygen atoms in total. The van der Waals surface area contributed by atoms with Gasteiger partial charge in [-0.15, -0.1) is 0 Å². The molecule has 2 amide bonds. The van der Waals surface area contributed by atoms with Crippen LogP contribution in [0.25, 0.3) is 5.57 Å². The molecule has 0 atom stereocenters. The highest BCUT2D eigenvalue weighted by Gasteiger charge is 2.42. The maximum absolute atomic E-state index is 13.6. The lowest BCUT2D eigenvalue weighted by molar-refractivity contribution is -0.115.